The van der Waals surface area contributed by atoms with Gasteiger partial charge in [0.1, 0.15) is 11.5 Å². The number of rotatable bonds is 6. The molecular weight excluding hydrogens is 206 g/mol. The van der Waals surface area contributed by atoms with Gasteiger partial charge in [-0.05, 0) is 17.7 Å². The molecule has 0 aliphatic carbocycles. The van der Waals surface area contributed by atoms with Gasteiger partial charge < -0.3 is 20.3 Å². The van der Waals surface area contributed by atoms with Gasteiger partial charge in [0, 0.05) is 25.1 Å². The fraction of sp³-hybridized carbons (Fsp3) is 0.500. The Morgan fingerprint density at radius 3 is 2.56 bits per heavy atom. The van der Waals surface area contributed by atoms with Crippen molar-refractivity contribution in [2.24, 2.45) is 11.7 Å². The predicted molar refractivity (Wildman–Crippen MR) is 62.6 cm³/mol. The molecule has 90 valence electrons. The number of hydrogen-bond acceptors (Lipinski definition) is 4. The van der Waals surface area contributed by atoms with Gasteiger partial charge in [-0.25, -0.2) is 0 Å². The molecule has 3 N–H and O–H groups in total. The lowest BCUT2D eigenvalue weighted by Crippen LogP contribution is -2.12. The molecule has 0 bridgehead atoms. The van der Waals surface area contributed by atoms with Crippen molar-refractivity contribution in [3.63, 3.8) is 0 Å². The Morgan fingerprint density at radius 2 is 2.00 bits per heavy atom. The zero-order chi connectivity index (χ0) is 12.0. The molecular formula is C12H19NO3. The first-order chi connectivity index (χ1) is 7.69. The zero-order valence-corrected chi connectivity index (χ0v) is 9.77. The second-order valence-electron chi connectivity index (χ2n) is 3.82. The number of hydrogen-bond donors (Lipinski definition) is 2. The van der Waals surface area contributed by atoms with Gasteiger partial charge >= 0.3 is 0 Å². The van der Waals surface area contributed by atoms with E-state index >= 15 is 0 Å². The second kappa shape index (κ2) is 6.35. The molecule has 0 aliphatic rings. The van der Waals surface area contributed by atoms with Gasteiger partial charge in [0.15, 0.2) is 0 Å². The van der Waals surface area contributed by atoms with E-state index in [1.165, 1.54) is 0 Å². The monoisotopic (exact) mass is 225 g/mol. The molecule has 0 radical (unpaired) electrons. The summed E-state index contributed by atoms with van der Waals surface area (Å²) in [5, 5.41) is 8.89. The topological polar surface area (TPSA) is 64.7 Å². The largest absolute Gasteiger partial charge is 0.497 e. The van der Waals surface area contributed by atoms with Crippen molar-refractivity contribution in [3.8, 4) is 11.5 Å². The van der Waals surface area contributed by atoms with E-state index in [0.29, 0.717) is 13.2 Å². The molecule has 4 heteroatoms. The average molecular weight is 225 g/mol. The standard InChI is InChI=1S/C12H19NO3/c1-9(7-14)8-16-12-4-10(6-13)3-11(5-12)15-2/h3-5,9,14H,6-8,13H2,1-2H3. The summed E-state index contributed by atoms with van der Waals surface area (Å²) in [6.07, 6.45) is 0. The van der Waals surface area contributed by atoms with Crippen LogP contribution in [0.1, 0.15) is 12.5 Å². The van der Waals surface area contributed by atoms with Crippen LogP contribution in [-0.2, 0) is 6.54 Å². The van der Waals surface area contributed by atoms with Gasteiger partial charge in [-0.2, -0.15) is 0 Å². The van der Waals surface area contributed by atoms with Crippen molar-refractivity contribution in [2.45, 2.75) is 13.5 Å². The van der Waals surface area contributed by atoms with Crippen LogP contribution in [0.3, 0.4) is 0 Å². The SMILES string of the molecule is COc1cc(CN)cc(OCC(C)CO)c1. The molecule has 1 unspecified atom stereocenters. The van der Waals surface area contributed by atoms with Crippen LogP contribution < -0.4 is 15.2 Å². The molecule has 1 aromatic rings. The fourth-order valence-corrected chi connectivity index (χ4v) is 1.24. The number of nitrogens with two attached hydrogens (primary N) is 1. The molecule has 0 saturated carbocycles. The van der Waals surface area contributed by atoms with E-state index in [2.05, 4.69) is 0 Å². The number of aliphatic hydroxyl groups excluding tert-OH is 1. The first-order valence-electron chi connectivity index (χ1n) is 5.31. The first kappa shape index (κ1) is 12.8. The molecule has 0 spiro atoms. The van der Waals surface area contributed by atoms with E-state index < -0.39 is 0 Å². The summed E-state index contributed by atoms with van der Waals surface area (Å²) >= 11 is 0. The van der Waals surface area contributed by atoms with E-state index in [4.69, 9.17) is 20.3 Å². The minimum absolute atomic E-state index is 0.118. The Bertz CT molecular complexity index is 306. The molecule has 0 heterocycles. The van der Waals surface area contributed by atoms with Crippen molar-refractivity contribution in [2.75, 3.05) is 20.3 Å². The highest BCUT2D eigenvalue weighted by molar-refractivity contribution is 5.38. The smallest absolute Gasteiger partial charge is 0.123 e. The van der Waals surface area contributed by atoms with Crippen LogP contribution in [0.4, 0.5) is 0 Å². The summed E-state index contributed by atoms with van der Waals surface area (Å²) in [7, 11) is 1.61. The highest BCUT2D eigenvalue weighted by Gasteiger charge is 2.04. The van der Waals surface area contributed by atoms with Crippen LogP contribution >= 0.6 is 0 Å². The van der Waals surface area contributed by atoms with Crippen LogP contribution in [0.25, 0.3) is 0 Å². The number of ether oxygens (including phenoxy) is 2. The van der Waals surface area contributed by atoms with E-state index in [0.717, 1.165) is 17.1 Å². The minimum atomic E-state index is 0.118. The van der Waals surface area contributed by atoms with Crippen molar-refractivity contribution in [1.82, 2.24) is 0 Å². The van der Waals surface area contributed by atoms with Crippen molar-refractivity contribution in [1.29, 1.82) is 0 Å². The van der Waals surface area contributed by atoms with Gasteiger partial charge in [0.05, 0.1) is 13.7 Å². The molecule has 0 fully saturated rings. The van der Waals surface area contributed by atoms with E-state index in [1.54, 1.807) is 7.11 Å². The van der Waals surface area contributed by atoms with Gasteiger partial charge in [-0.1, -0.05) is 6.92 Å². The van der Waals surface area contributed by atoms with Crippen LogP contribution in [0.2, 0.25) is 0 Å². The summed E-state index contributed by atoms with van der Waals surface area (Å²) < 4.78 is 10.7. The molecule has 0 aromatic heterocycles. The summed E-state index contributed by atoms with van der Waals surface area (Å²) in [6, 6.07) is 5.57. The van der Waals surface area contributed by atoms with Crippen LogP contribution in [0, 0.1) is 5.92 Å². The van der Waals surface area contributed by atoms with E-state index in [-0.39, 0.29) is 12.5 Å². The average Bonchev–Trinajstić information content (AvgIpc) is 2.35. The third kappa shape index (κ3) is 3.72. The highest BCUT2D eigenvalue weighted by atomic mass is 16.5. The highest BCUT2D eigenvalue weighted by Crippen LogP contribution is 2.22. The summed E-state index contributed by atoms with van der Waals surface area (Å²) in [4.78, 5) is 0. The summed E-state index contributed by atoms with van der Waals surface area (Å²) in [5.74, 6) is 1.57. The lowest BCUT2D eigenvalue weighted by Gasteiger charge is -2.12. The number of methoxy groups -OCH3 is 1. The van der Waals surface area contributed by atoms with Crippen molar-refractivity contribution >= 4 is 0 Å². The molecule has 0 amide bonds. The fourth-order valence-electron chi connectivity index (χ4n) is 1.24. The Kier molecular flexibility index (Phi) is 5.08. The maximum atomic E-state index is 8.89. The van der Waals surface area contributed by atoms with Crippen LogP contribution in [-0.4, -0.2) is 25.4 Å². The normalized spacial score (nSPS) is 12.2. The van der Waals surface area contributed by atoms with Gasteiger partial charge in [-0.15, -0.1) is 0 Å². The maximum Gasteiger partial charge on any atom is 0.123 e. The Labute approximate surface area is 96.0 Å². The van der Waals surface area contributed by atoms with Gasteiger partial charge in [0.25, 0.3) is 0 Å². The number of aliphatic hydroxyl groups is 1. The Morgan fingerprint density at radius 1 is 1.31 bits per heavy atom. The lowest BCUT2D eigenvalue weighted by molar-refractivity contribution is 0.174. The predicted octanol–water partition coefficient (Wildman–Crippen LogP) is 1.16. The quantitative estimate of drug-likeness (QED) is 0.762. The molecule has 1 aromatic carbocycles. The van der Waals surface area contributed by atoms with Gasteiger partial charge in [-0.3, -0.25) is 0 Å². The van der Waals surface area contributed by atoms with E-state index in [1.807, 2.05) is 25.1 Å². The van der Waals surface area contributed by atoms with Crippen molar-refractivity contribution in [3.05, 3.63) is 23.8 Å². The molecule has 0 saturated heterocycles. The van der Waals surface area contributed by atoms with Crippen molar-refractivity contribution < 1.29 is 14.6 Å². The Balaban J connectivity index is 2.71. The molecule has 16 heavy (non-hydrogen) atoms. The third-order valence-corrected chi connectivity index (χ3v) is 2.26. The second-order valence-corrected chi connectivity index (χ2v) is 3.82. The molecule has 4 nitrogen and oxygen atoms in total. The Hall–Kier alpha value is -1.26. The van der Waals surface area contributed by atoms with E-state index in [9.17, 15) is 0 Å². The lowest BCUT2D eigenvalue weighted by atomic mass is 10.2. The molecule has 1 rings (SSSR count). The first-order valence-corrected chi connectivity index (χ1v) is 5.31. The van der Waals surface area contributed by atoms with Gasteiger partial charge in [0.2, 0.25) is 0 Å². The summed E-state index contributed by atoms with van der Waals surface area (Å²) in [5.41, 5.74) is 6.54. The maximum absolute atomic E-state index is 8.89. The molecule has 0 aliphatic heterocycles. The zero-order valence-electron chi connectivity index (χ0n) is 9.77. The van der Waals surface area contributed by atoms with Crippen LogP contribution in [0.15, 0.2) is 18.2 Å². The minimum Gasteiger partial charge on any atom is -0.497 e. The third-order valence-electron chi connectivity index (χ3n) is 2.26. The molecule has 1 atom stereocenters. The summed E-state index contributed by atoms with van der Waals surface area (Å²) in [6.45, 7) is 2.97. The number of benzene rings is 1. The van der Waals surface area contributed by atoms with Crippen LogP contribution in [0.5, 0.6) is 11.5 Å².